The monoisotopic (exact) mass is 1990 g/mol. The molecule has 3 fully saturated rings. The number of carboxylic acids is 1. The minimum Gasteiger partial charge on any atom is -0.481 e. The van der Waals surface area contributed by atoms with E-state index in [0.29, 0.717) is 12.8 Å². The third-order valence-corrected chi connectivity index (χ3v) is 22.1. The molecule has 48 heteroatoms. The van der Waals surface area contributed by atoms with Gasteiger partial charge in [0.15, 0.2) is 36.6 Å². The lowest BCUT2D eigenvalue weighted by atomic mass is 9.89. The van der Waals surface area contributed by atoms with Crippen LogP contribution in [0.5, 0.6) is 0 Å². The number of nitrogens with one attached hydrogen (secondary N) is 10. The van der Waals surface area contributed by atoms with Crippen LogP contribution in [-0.2, 0) is 172 Å². The molecule has 11 N–H and O–H groups in total. The summed E-state index contributed by atoms with van der Waals surface area (Å²) in [6, 6.07) is -4.66. The van der Waals surface area contributed by atoms with Crippen molar-refractivity contribution in [2.24, 2.45) is 0 Å². The molecule has 0 aromatic rings. The molecule has 15 unspecified atom stereocenters. The first-order valence-electron chi connectivity index (χ1n) is 47.5. The first kappa shape index (κ1) is 122. The maximum absolute atomic E-state index is 14.4. The van der Waals surface area contributed by atoms with E-state index in [4.69, 9.17) is 61.9 Å². The predicted molar refractivity (Wildman–Crippen MR) is 485 cm³/mol. The Kier molecular flexibility index (Phi) is 58.5. The van der Waals surface area contributed by atoms with E-state index in [9.17, 15) is 115 Å². The highest BCUT2D eigenvalue weighted by atomic mass is 16.7. The van der Waals surface area contributed by atoms with Gasteiger partial charge in [0.25, 0.3) is 17.7 Å². The normalized spacial score (nSPS) is 20.8. The number of unbranched alkanes of at least 4 members (excludes halogenated alkanes) is 10. The lowest BCUT2D eigenvalue weighted by Gasteiger charge is -2.45. The van der Waals surface area contributed by atoms with Crippen LogP contribution in [0.2, 0.25) is 0 Å². The minimum absolute atomic E-state index is 0.00225. The van der Waals surface area contributed by atoms with Crippen LogP contribution in [0.15, 0.2) is 0 Å². The minimum atomic E-state index is -1.34. The standard InChI is InChI=1S/C92H143N11O37/c1-53(104)99-80-69(138-72(50-129-56(4)107)83(132-59(7)110)86(80)135-62(10)113)33-27-30-66(116)90(126)96-43-24-20-36-75(119)93-46-48-103(49-47-94-76(120)37-21-25-44-97-91(127)67(117)31-28-34-70-81(100-54(2)105)87(136-63(11)114)84(133-60(8)111)73(139-70)51-130-57(5)108)78(122)41-40-65(89(125)95-42-23-18-16-14-13-15-17-19-39-79(123)124)102-77(121)38-22-26-45-98-92(128)68(118)32-29-35-71-82(101-55(3)106)88(137-64(12)115)85(134-61(9)112)74(140-71)52-131-58(6)109/h65,69-74,80-88H,13-52H2,1-12H3,(H,93,119)(H,94,120)(H,95,125)(H,96,126)(H,97,127)(H,98,128)(H,99,104)(H,100,105)(H,101,106)(H,102,121)(H,123,124)/t65-,69?,70?,71?,72?,73?,74?,80?,81?,82?,83?,84?,85?,86?,87?,88?/m0/s1. The fourth-order valence-electron chi connectivity index (χ4n) is 15.8. The first-order valence-corrected chi connectivity index (χ1v) is 47.5. The van der Waals surface area contributed by atoms with Crippen molar-refractivity contribution in [3.63, 3.8) is 0 Å². The number of amides is 11. The molecule has 0 spiro atoms. The molecule has 3 aliphatic heterocycles. The van der Waals surface area contributed by atoms with Gasteiger partial charge in [0.05, 0.1) is 36.4 Å². The summed E-state index contributed by atoms with van der Waals surface area (Å²) in [5, 5.41) is 35.5. The Balaban J connectivity index is 1.75. The molecule has 48 nitrogen and oxygen atoms in total. The third kappa shape index (κ3) is 51.1. The van der Waals surface area contributed by atoms with Crippen molar-refractivity contribution < 1.29 is 177 Å². The second kappa shape index (κ2) is 67.2. The van der Waals surface area contributed by atoms with Crippen molar-refractivity contribution in [3.8, 4) is 0 Å². The zero-order valence-electron chi connectivity index (χ0n) is 82.1. The Morgan fingerprint density at radius 3 is 0.864 bits per heavy atom. The Labute approximate surface area is 812 Å². The van der Waals surface area contributed by atoms with E-state index in [-0.39, 0.29) is 187 Å². The van der Waals surface area contributed by atoms with Crippen LogP contribution in [0.25, 0.3) is 0 Å². The van der Waals surface area contributed by atoms with Gasteiger partial charge in [-0.3, -0.25) is 115 Å². The number of carbonyl (C=O) groups excluding carboxylic acids is 23. The van der Waals surface area contributed by atoms with Gasteiger partial charge in [0.2, 0.25) is 64.6 Å². The molecule has 0 aliphatic carbocycles. The number of Topliss-reactive ketones (excluding diaryl/α,β-unsaturated/α-hetero) is 3. The lowest BCUT2D eigenvalue weighted by Crippen LogP contribution is -2.66. The van der Waals surface area contributed by atoms with Gasteiger partial charge in [-0.05, 0) is 96.3 Å². The van der Waals surface area contributed by atoms with Crippen LogP contribution >= 0.6 is 0 Å². The van der Waals surface area contributed by atoms with Crippen molar-refractivity contribution in [1.29, 1.82) is 0 Å². The Morgan fingerprint density at radius 1 is 0.286 bits per heavy atom. The van der Waals surface area contributed by atoms with Crippen molar-refractivity contribution >= 4 is 142 Å². The van der Waals surface area contributed by atoms with Gasteiger partial charge < -0.3 is 120 Å². The zero-order chi connectivity index (χ0) is 105. The molecule has 0 bridgehead atoms. The smallest absolute Gasteiger partial charge is 0.303 e. The predicted octanol–water partition coefficient (Wildman–Crippen LogP) is 0.198. The lowest BCUT2D eigenvalue weighted by molar-refractivity contribution is -0.224. The molecule has 3 aliphatic rings. The summed E-state index contributed by atoms with van der Waals surface area (Å²) >= 11 is 0. The van der Waals surface area contributed by atoms with E-state index >= 15 is 0 Å². The average Bonchev–Trinajstić information content (AvgIpc) is 0.793. The van der Waals surface area contributed by atoms with Gasteiger partial charge in [-0.1, -0.05) is 38.5 Å². The van der Waals surface area contributed by atoms with E-state index in [0.717, 1.165) is 101 Å². The van der Waals surface area contributed by atoms with Crippen LogP contribution in [0.1, 0.15) is 269 Å². The van der Waals surface area contributed by atoms with Crippen LogP contribution in [-0.4, -0.2) is 322 Å². The second-order valence-electron chi connectivity index (χ2n) is 34.3. The number of hydrogen-bond donors (Lipinski definition) is 11. The number of carbonyl (C=O) groups is 24. The van der Waals surface area contributed by atoms with E-state index in [1.54, 1.807) is 0 Å². The summed E-state index contributed by atoms with van der Waals surface area (Å²) < 4.78 is 66.8. The summed E-state index contributed by atoms with van der Waals surface area (Å²) in [5.41, 5.74) is 0. The molecule has 0 radical (unpaired) electrons. The molecule has 3 saturated heterocycles. The van der Waals surface area contributed by atoms with Crippen molar-refractivity contribution in [2.45, 2.75) is 367 Å². The molecule has 11 amide bonds. The average molecular weight is 2000 g/mol. The van der Waals surface area contributed by atoms with Crippen LogP contribution < -0.4 is 53.2 Å². The van der Waals surface area contributed by atoms with E-state index in [2.05, 4.69) is 53.2 Å². The molecule has 3 rings (SSSR count). The van der Waals surface area contributed by atoms with E-state index < -0.39 is 259 Å². The number of ether oxygens (including phenoxy) is 12. The molecule has 16 atom stereocenters. The van der Waals surface area contributed by atoms with Crippen molar-refractivity contribution in [3.05, 3.63) is 0 Å². The highest BCUT2D eigenvalue weighted by Crippen LogP contribution is 2.34. The fourth-order valence-corrected chi connectivity index (χ4v) is 15.8. The largest absolute Gasteiger partial charge is 0.481 e. The number of carboxylic acid groups (broad SMARTS) is 1. The van der Waals surface area contributed by atoms with Crippen LogP contribution in [0.3, 0.4) is 0 Å². The van der Waals surface area contributed by atoms with Gasteiger partial charge in [0, 0.05) is 187 Å². The summed E-state index contributed by atoms with van der Waals surface area (Å²) in [6.07, 6.45) is -9.30. The van der Waals surface area contributed by atoms with E-state index in [1.165, 1.54) is 25.7 Å². The molecular weight excluding hydrogens is 1850 g/mol. The van der Waals surface area contributed by atoms with Gasteiger partial charge in [-0.2, -0.15) is 0 Å². The molecule has 140 heavy (non-hydrogen) atoms. The molecule has 788 valence electrons. The molecule has 3 heterocycles. The van der Waals surface area contributed by atoms with Gasteiger partial charge in [0.1, 0.15) is 44.2 Å². The number of ketones is 3. The quantitative estimate of drug-likeness (QED) is 0.0168. The second-order valence-corrected chi connectivity index (χ2v) is 34.3. The maximum Gasteiger partial charge on any atom is 0.303 e. The summed E-state index contributed by atoms with van der Waals surface area (Å²) in [4.78, 5) is 306. The summed E-state index contributed by atoms with van der Waals surface area (Å²) in [5.74, 6) is -17.6. The van der Waals surface area contributed by atoms with E-state index in [1.807, 2.05) is 0 Å². The number of nitrogens with zero attached hydrogens (tertiary/aromatic N) is 1. The molecule has 0 saturated carbocycles. The van der Waals surface area contributed by atoms with Crippen molar-refractivity contribution in [2.75, 3.05) is 72.2 Å². The number of aliphatic carboxylic acids is 1. The topological polar surface area (TPSA) is 664 Å². The molecular formula is C92H143N11O37. The molecule has 0 aromatic carbocycles. The van der Waals surface area contributed by atoms with Gasteiger partial charge in [-0.25, -0.2) is 0 Å². The highest BCUT2D eigenvalue weighted by molar-refractivity contribution is 6.37. The fraction of sp³-hybridized carbons (Fsp3) is 0.739. The third-order valence-electron chi connectivity index (χ3n) is 22.1. The SMILES string of the molecule is CC(=O)NC1C(CCCC(=O)C(=O)NCCCCC(=O)NCCN(CCNC(=O)CCCCNC(=O)C(=O)CCCC2OC(COC(C)=O)C(OC(C)=O)C(OC(C)=O)C2NC(C)=O)C(=O)CC[C@H](NC(=O)CCCCNC(=O)C(=O)CCCC2OC(COC(C)=O)C(OC(C)=O)C(OC(C)=O)C2NC(C)=O)C(=O)NCCCCCCCCCCC(=O)O)OC(COC(C)=O)C(OC(C)=O)C1OC(C)=O. The van der Waals surface area contributed by atoms with Gasteiger partial charge >= 0.3 is 59.7 Å². The van der Waals surface area contributed by atoms with Crippen molar-refractivity contribution in [1.82, 2.24) is 58.1 Å². The van der Waals surface area contributed by atoms with Crippen LogP contribution in [0, 0.1) is 0 Å². The summed E-state index contributed by atoms with van der Waals surface area (Å²) in [7, 11) is 0. The number of hydrogen-bond acceptors (Lipinski definition) is 36. The van der Waals surface area contributed by atoms with Gasteiger partial charge in [-0.15, -0.1) is 0 Å². The summed E-state index contributed by atoms with van der Waals surface area (Å²) in [6.45, 7) is 11.7. The Bertz CT molecular complexity index is 4040. The van der Waals surface area contributed by atoms with Crippen LogP contribution in [0.4, 0.5) is 0 Å². The Morgan fingerprint density at radius 2 is 0.564 bits per heavy atom. The highest BCUT2D eigenvalue weighted by Gasteiger charge is 2.54. The number of rotatable bonds is 67. The molecule has 0 aromatic heterocycles. The maximum atomic E-state index is 14.4. The zero-order valence-corrected chi connectivity index (χ0v) is 82.1. The number of esters is 9. The Hall–Kier alpha value is -12.2. The first-order chi connectivity index (χ1) is 66.3.